The summed E-state index contributed by atoms with van der Waals surface area (Å²) >= 11 is 0. The Labute approximate surface area is 191 Å². The first-order valence-corrected chi connectivity index (χ1v) is 11.2. The van der Waals surface area contributed by atoms with Gasteiger partial charge in [-0.15, -0.1) is 0 Å². The Hall–Kier alpha value is -2.73. The molecule has 0 aliphatic carbocycles. The van der Waals surface area contributed by atoms with E-state index in [0.717, 1.165) is 42.7 Å². The minimum absolute atomic E-state index is 0.00593. The minimum Gasteiger partial charge on any atom is -0.492 e. The van der Waals surface area contributed by atoms with Crippen molar-refractivity contribution in [3.05, 3.63) is 52.6 Å². The fourth-order valence-electron chi connectivity index (χ4n) is 4.33. The van der Waals surface area contributed by atoms with Crippen molar-refractivity contribution in [2.24, 2.45) is 5.16 Å². The summed E-state index contributed by atoms with van der Waals surface area (Å²) in [5.41, 5.74) is 6.36. The Morgan fingerprint density at radius 2 is 2.09 bits per heavy atom. The summed E-state index contributed by atoms with van der Waals surface area (Å²) in [5.74, 6) is 2.10. The van der Waals surface area contributed by atoms with E-state index in [1.807, 2.05) is 0 Å². The molecular weight excluding hydrogens is 404 g/mol. The topological polar surface area (TPSA) is 63.5 Å². The van der Waals surface area contributed by atoms with Crippen molar-refractivity contribution in [1.29, 1.82) is 0 Å². The SMILES string of the molecule is C=C(C/C=C(\C)CCC=C(C)C)/C(C[C@H]1c2c(cc3c(c2OC)OCO3)CCN1C)=N/O. The summed E-state index contributed by atoms with van der Waals surface area (Å²) in [6.45, 7) is 11.7. The zero-order valence-corrected chi connectivity index (χ0v) is 20.0. The predicted octanol–water partition coefficient (Wildman–Crippen LogP) is 5.81. The average molecular weight is 441 g/mol. The predicted molar refractivity (Wildman–Crippen MR) is 128 cm³/mol. The van der Waals surface area contributed by atoms with E-state index in [-0.39, 0.29) is 12.8 Å². The maximum absolute atomic E-state index is 9.81. The van der Waals surface area contributed by atoms with Crippen molar-refractivity contribution >= 4 is 5.71 Å². The molecule has 0 radical (unpaired) electrons. The fourth-order valence-corrected chi connectivity index (χ4v) is 4.33. The molecular formula is C26H36N2O4. The van der Waals surface area contributed by atoms with Crippen LogP contribution in [0.3, 0.4) is 0 Å². The minimum atomic E-state index is -0.00593. The molecule has 1 aromatic rings. The van der Waals surface area contributed by atoms with Crippen LogP contribution >= 0.6 is 0 Å². The van der Waals surface area contributed by atoms with E-state index in [0.29, 0.717) is 30.1 Å². The number of nitrogens with zero attached hydrogens (tertiary/aromatic N) is 2. The zero-order chi connectivity index (χ0) is 23.3. The molecule has 6 nitrogen and oxygen atoms in total. The largest absolute Gasteiger partial charge is 0.492 e. The third kappa shape index (κ3) is 5.36. The quantitative estimate of drug-likeness (QED) is 0.227. The number of ether oxygens (including phenoxy) is 3. The Morgan fingerprint density at radius 1 is 1.31 bits per heavy atom. The highest BCUT2D eigenvalue weighted by Gasteiger charge is 2.34. The normalized spacial score (nSPS) is 18.3. The van der Waals surface area contributed by atoms with Crippen LogP contribution in [0.5, 0.6) is 17.2 Å². The molecule has 174 valence electrons. The first-order chi connectivity index (χ1) is 15.3. The molecule has 0 saturated carbocycles. The van der Waals surface area contributed by atoms with Gasteiger partial charge in [0.1, 0.15) is 0 Å². The second-order valence-electron chi connectivity index (χ2n) is 8.89. The molecule has 0 spiro atoms. The molecule has 32 heavy (non-hydrogen) atoms. The van der Waals surface area contributed by atoms with Gasteiger partial charge < -0.3 is 19.4 Å². The summed E-state index contributed by atoms with van der Waals surface area (Å²) in [4.78, 5) is 2.27. The van der Waals surface area contributed by atoms with Crippen molar-refractivity contribution in [2.45, 2.75) is 58.9 Å². The lowest BCUT2D eigenvalue weighted by atomic mass is 9.87. The molecule has 1 N–H and O–H groups in total. The van der Waals surface area contributed by atoms with Crippen LogP contribution in [0.15, 0.2) is 46.7 Å². The first-order valence-electron chi connectivity index (χ1n) is 11.2. The highest BCUT2D eigenvalue weighted by molar-refractivity contribution is 6.00. The Balaban J connectivity index is 1.77. The molecule has 2 aliphatic rings. The van der Waals surface area contributed by atoms with Gasteiger partial charge in [-0.2, -0.15) is 0 Å². The molecule has 1 atom stereocenters. The van der Waals surface area contributed by atoms with E-state index >= 15 is 0 Å². The van der Waals surface area contributed by atoms with Crippen LogP contribution in [0.1, 0.15) is 63.6 Å². The van der Waals surface area contributed by atoms with Gasteiger partial charge >= 0.3 is 0 Å². The van der Waals surface area contributed by atoms with Crippen LogP contribution < -0.4 is 14.2 Å². The van der Waals surface area contributed by atoms with Gasteiger partial charge in [-0.05, 0) is 70.7 Å². The van der Waals surface area contributed by atoms with Crippen LogP contribution in [0, 0.1) is 0 Å². The molecule has 1 aromatic carbocycles. The molecule has 6 heteroatoms. The number of fused-ring (bicyclic) bond motifs is 2. The van der Waals surface area contributed by atoms with Crippen LogP contribution in [0.2, 0.25) is 0 Å². The van der Waals surface area contributed by atoms with Gasteiger partial charge in [-0.3, -0.25) is 4.90 Å². The molecule has 0 saturated heterocycles. The molecule has 0 amide bonds. The summed E-state index contributed by atoms with van der Waals surface area (Å²) in [6.07, 6.45) is 8.60. The molecule has 3 rings (SSSR count). The highest BCUT2D eigenvalue weighted by Crippen LogP contribution is 2.50. The lowest BCUT2D eigenvalue weighted by Crippen LogP contribution is -2.34. The first kappa shape index (κ1) is 23.9. The Kier molecular flexibility index (Phi) is 8.02. The highest BCUT2D eigenvalue weighted by atomic mass is 16.7. The van der Waals surface area contributed by atoms with E-state index in [2.05, 4.69) is 62.7 Å². The Bertz CT molecular complexity index is 942. The average Bonchev–Trinajstić information content (AvgIpc) is 3.23. The molecule has 2 heterocycles. The number of oxime groups is 1. The van der Waals surface area contributed by atoms with Gasteiger partial charge in [-0.25, -0.2) is 0 Å². The van der Waals surface area contributed by atoms with Crippen molar-refractivity contribution in [2.75, 3.05) is 27.5 Å². The summed E-state index contributed by atoms with van der Waals surface area (Å²) in [6, 6.07) is 2.05. The van der Waals surface area contributed by atoms with Crippen LogP contribution in [-0.2, 0) is 6.42 Å². The summed E-state index contributed by atoms with van der Waals surface area (Å²) < 4.78 is 17.1. The molecule has 0 aromatic heterocycles. The van der Waals surface area contributed by atoms with Crippen molar-refractivity contribution < 1.29 is 19.4 Å². The van der Waals surface area contributed by atoms with Gasteiger partial charge in [-0.1, -0.05) is 35.0 Å². The van der Waals surface area contributed by atoms with Crippen LogP contribution in [0.25, 0.3) is 0 Å². The van der Waals surface area contributed by atoms with Crippen molar-refractivity contribution in [3.63, 3.8) is 0 Å². The van der Waals surface area contributed by atoms with Gasteiger partial charge in [0, 0.05) is 24.6 Å². The van der Waals surface area contributed by atoms with Gasteiger partial charge in [0.2, 0.25) is 12.5 Å². The molecule has 0 unspecified atom stereocenters. The second kappa shape index (κ2) is 10.7. The van der Waals surface area contributed by atoms with Gasteiger partial charge in [0.15, 0.2) is 11.5 Å². The van der Waals surface area contributed by atoms with E-state index < -0.39 is 0 Å². The number of methoxy groups -OCH3 is 1. The molecule has 0 bridgehead atoms. The van der Waals surface area contributed by atoms with Crippen molar-refractivity contribution in [1.82, 2.24) is 4.90 Å². The third-order valence-electron chi connectivity index (χ3n) is 6.25. The monoisotopic (exact) mass is 440 g/mol. The maximum atomic E-state index is 9.81. The standard InChI is InChI=1S/C26H36N2O4/c1-17(2)8-7-9-18(3)10-11-19(4)21(27-29)15-22-24-20(12-13-28(22)5)14-23-25(26(24)30-6)32-16-31-23/h8,10,14,22,29H,4,7,9,11-13,15-16H2,1-3,5-6H3/b18-10+,27-21+/t22-/m0/s1. The molecule has 0 fully saturated rings. The van der Waals surface area contributed by atoms with Crippen molar-refractivity contribution in [3.8, 4) is 17.2 Å². The lowest BCUT2D eigenvalue weighted by molar-refractivity contribution is 0.170. The fraction of sp³-hybridized carbons (Fsp3) is 0.500. The van der Waals surface area contributed by atoms with E-state index in [9.17, 15) is 5.21 Å². The smallest absolute Gasteiger partial charge is 0.231 e. The second-order valence-corrected chi connectivity index (χ2v) is 8.89. The van der Waals surface area contributed by atoms with Crippen LogP contribution in [0.4, 0.5) is 0 Å². The van der Waals surface area contributed by atoms with E-state index in [1.165, 1.54) is 16.7 Å². The third-order valence-corrected chi connectivity index (χ3v) is 6.25. The number of benzene rings is 1. The van der Waals surface area contributed by atoms with Gasteiger partial charge in [0.05, 0.1) is 12.8 Å². The number of hydrogen-bond acceptors (Lipinski definition) is 6. The summed E-state index contributed by atoms with van der Waals surface area (Å²) in [5, 5.41) is 13.5. The summed E-state index contributed by atoms with van der Waals surface area (Å²) in [7, 11) is 3.74. The number of likely N-dealkylation sites (N-methyl/N-ethyl adjacent to an activating group) is 1. The van der Waals surface area contributed by atoms with E-state index in [1.54, 1.807) is 7.11 Å². The zero-order valence-electron chi connectivity index (χ0n) is 20.0. The number of hydrogen-bond donors (Lipinski definition) is 1. The maximum Gasteiger partial charge on any atom is 0.231 e. The lowest BCUT2D eigenvalue weighted by Gasteiger charge is -2.36. The van der Waals surface area contributed by atoms with Crippen LogP contribution in [-0.4, -0.2) is 43.3 Å². The van der Waals surface area contributed by atoms with Gasteiger partial charge in [0.25, 0.3) is 0 Å². The van der Waals surface area contributed by atoms with E-state index in [4.69, 9.17) is 14.2 Å². The number of allylic oxidation sites excluding steroid dienone is 5. The number of rotatable bonds is 9. The molecule has 2 aliphatic heterocycles. The Morgan fingerprint density at radius 3 is 2.78 bits per heavy atom.